The molecule has 1 aromatic heterocycles. The maximum Gasteiger partial charge on any atom is 0.196 e. The van der Waals surface area contributed by atoms with Crippen molar-refractivity contribution in [3.05, 3.63) is 105 Å². The maximum atomic E-state index is 6.31. The molecule has 31 heavy (non-hydrogen) atoms. The van der Waals surface area contributed by atoms with Crippen molar-refractivity contribution in [2.24, 2.45) is 0 Å². The molecule has 8 heteroatoms. The molecule has 0 saturated heterocycles. The Morgan fingerprint density at radius 1 is 0.742 bits per heavy atom. The third kappa shape index (κ3) is 5.99. The van der Waals surface area contributed by atoms with Gasteiger partial charge in [-0.2, -0.15) is 0 Å². The summed E-state index contributed by atoms with van der Waals surface area (Å²) in [6.45, 7) is 0. The van der Waals surface area contributed by atoms with Crippen LogP contribution >= 0.6 is 58.3 Å². The Morgan fingerprint density at radius 2 is 1.48 bits per heavy atom. The molecule has 158 valence electrons. The van der Waals surface area contributed by atoms with Gasteiger partial charge in [0.05, 0.1) is 5.75 Å². The van der Waals surface area contributed by atoms with E-state index >= 15 is 0 Å². The number of aromatic nitrogens is 3. The third-order valence-corrected chi connectivity index (χ3v) is 7.32. The largest absolute Gasteiger partial charge is 0.273 e. The Bertz CT molecular complexity index is 1150. The molecule has 3 nitrogen and oxygen atoms in total. The molecular weight excluding hydrogens is 489 g/mol. The van der Waals surface area contributed by atoms with Gasteiger partial charge in [-0.25, -0.2) is 0 Å². The van der Waals surface area contributed by atoms with Crippen LogP contribution in [0, 0.1) is 0 Å². The van der Waals surface area contributed by atoms with Crippen LogP contribution in [0.4, 0.5) is 0 Å². The van der Waals surface area contributed by atoms with Crippen LogP contribution in [0.1, 0.15) is 17.0 Å². The van der Waals surface area contributed by atoms with E-state index in [1.165, 1.54) is 5.56 Å². The fourth-order valence-corrected chi connectivity index (χ4v) is 5.49. The molecule has 0 bridgehead atoms. The van der Waals surface area contributed by atoms with Gasteiger partial charge in [0.15, 0.2) is 5.16 Å². The van der Waals surface area contributed by atoms with Gasteiger partial charge in [-0.1, -0.05) is 83.0 Å². The highest BCUT2D eigenvalue weighted by atomic mass is 35.5. The molecule has 0 spiro atoms. The number of hydrogen-bond acceptors (Lipinski definition) is 4. The molecule has 1 heterocycles. The number of rotatable bonds is 8. The molecule has 0 saturated carbocycles. The van der Waals surface area contributed by atoms with Crippen LogP contribution in [0.2, 0.25) is 15.1 Å². The molecule has 0 N–H and O–H groups in total. The van der Waals surface area contributed by atoms with Gasteiger partial charge in [-0.15, -0.1) is 22.0 Å². The molecule has 3 aromatic carbocycles. The number of nitrogens with zero attached hydrogens (tertiary/aromatic N) is 3. The van der Waals surface area contributed by atoms with Gasteiger partial charge >= 0.3 is 0 Å². The summed E-state index contributed by atoms with van der Waals surface area (Å²) in [6, 6.07) is 23.7. The third-order valence-electron chi connectivity index (χ3n) is 4.50. The van der Waals surface area contributed by atoms with E-state index in [0.717, 1.165) is 38.8 Å². The smallest absolute Gasteiger partial charge is 0.196 e. The number of hydrogen-bond donors (Lipinski definition) is 0. The minimum atomic E-state index is 0.643. The SMILES string of the molecule is Clc1ccc(CSc2nnc(CSCc3ccc(Cl)cc3Cl)n2-c2ccccc2)cc1. The summed E-state index contributed by atoms with van der Waals surface area (Å²) in [6.07, 6.45) is 0. The van der Waals surface area contributed by atoms with E-state index in [1.54, 1.807) is 29.6 Å². The van der Waals surface area contributed by atoms with Crippen molar-refractivity contribution >= 4 is 58.3 Å². The van der Waals surface area contributed by atoms with Crippen LogP contribution in [0.5, 0.6) is 0 Å². The first kappa shape index (κ1) is 22.6. The van der Waals surface area contributed by atoms with E-state index < -0.39 is 0 Å². The van der Waals surface area contributed by atoms with Crippen molar-refractivity contribution in [3.63, 3.8) is 0 Å². The fraction of sp³-hybridized carbons (Fsp3) is 0.130. The second-order valence-corrected chi connectivity index (χ2v) is 9.92. The molecule has 0 atom stereocenters. The van der Waals surface area contributed by atoms with E-state index in [4.69, 9.17) is 34.8 Å². The second kappa shape index (κ2) is 10.8. The van der Waals surface area contributed by atoms with Crippen LogP contribution in [0.3, 0.4) is 0 Å². The molecule has 0 fully saturated rings. The predicted molar refractivity (Wildman–Crippen MR) is 134 cm³/mol. The Balaban J connectivity index is 1.51. The summed E-state index contributed by atoms with van der Waals surface area (Å²) in [7, 11) is 0. The van der Waals surface area contributed by atoms with Gasteiger partial charge in [0.1, 0.15) is 5.82 Å². The Kier molecular flexibility index (Phi) is 7.86. The average molecular weight is 507 g/mol. The Labute approximate surface area is 205 Å². The van der Waals surface area contributed by atoms with Gasteiger partial charge in [0.2, 0.25) is 0 Å². The number of para-hydroxylation sites is 1. The number of benzene rings is 3. The molecule has 0 amide bonds. The minimum Gasteiger partial charge on any atom is -0.273 e. The predicted octanol–water partition coefficient (Wildman–Crippen LogP) is 7.95. The molecule has 0 radical (unpaired) electrons. The second-order valence-electron chi connectivity index (χ2n) is 6.71. The summed E-state index contributed by atoms with van der Waals surface area (Å²) >= 11 is 21.7. The van der Waals surface area contributed by atoms with Crippen LogP contribution in [0.15, 0.2) is 78.0 Å². The van der Waals surface area contributed by atoms with Gasteiger partial charge < -0.3 is 0 Å². The highest BCUT2D eigenvalue weighted by Gasteiger charge is 2.15. The van der Waals surface area contributed by atoms with E-state index in [9.17, 15) is 0 Å². The number of thioether (sulfide) groups is 2. The first-order valence-electron chi connectivity index (χ1n) is 9.49. The lowest BCUT2D eigenvalue weighted by atomic mass is 10.2. The standard InChI is InChI=1S/C23H18Cl3N3S2/c24-18-9-6-16(7-10-18)13-31-23-28-27-22(29(23)20-4-2-1-3-5-20)15-30-14-17-8-11-19(25)12-21(17)26/h1-12H,13-15H2. The average Bonchev–Trinajstić information content (AvgIpc) is 3.18. The quantitative estimate of drug-likeness (QED) is 0.227. The first-order chi connectivity index (χ1) is 15.1. The van der Waals surface area contributed by atoms with Crippen LogP contribution in [-0.2, 0) is 17.3 Å². The highest BCUT2D eigenvalue weighted by Crippen LogP contribution is 2.29. The highest BCUT2D eigenvalue weighted by molar-refractivity contribution is 7.98. The zero-order valence-electron chi connectivity index (χ0n) is 16.3. The molecule has 0 aliphatic heterocycles. The van der Waals surface area contributed by atoms with Crippen molar-refractivity contribution in [2.75, 3.05) is 0 Å². The zero-order valence-corrected chi connectivity index (χ0v) is 20.2. The Morgan fingerprint density at radius 3 is 2.23 bits per heavy atom. The minimum absolute atomic E-state index is 0.643. The van der Waals surface area contributed by atoms with Crippen molar-refractivity contribution in [1.29, 1.82) is 0 Å². The molecule has 4 aromatic rings. The summed E-state index contributed by atoms with van der Waals surface area (Å²) < 4.78 is 2.12. The fourth-order valence-electron chi connectivity index (χ4n) is 2.94. The number of halogens is 3. The molecule has 0 aliphatic rings. The van der Waals surface area contributed by atoms with Gasteiger partial charge in [-0.3, -0.25) is 4.57 Å². The lowest BCUT2D eigenvalue weighted by molar-refractivity contribution is 0.864. The van der Waals surface area contributed by atoms with Crippen LogP contribution < -0.4 is 0 Å². The van der Waals surface area contributed by atoms with Crippen molar-refractivity contribution in [3.8, 4) is 5.69 Å². The van der Waals surface area contributed by atoms with Crippen molar-refractivity contribution < 1.29 is 0 Å². The van der Waals surface area contributed by atoms with Crippen molar-refractivity contribution in [1.82, 2.24) is 14.8 Å². The summed E-state index contributed by atoms with van der Waals surface area (Å²) in [5.74, 6) is 3.17. The molecule has 4 rings (SSSR count). The Hall–Kier alpha value is -1.63. The van der Waals surface area contributed by atoms with Gasteiger partial charge in [0, 0.05) is 32.3 Å². The summed E-state index contributed by atoms with van der Waals surface area (Å²) in [4.78, 5) is 0. The topological polar surface area (TPSA) is 30.7 Å². The summed E-state index contributed by atoms with van der Waals surface area (Å²) in [5.41, 5.74) is 3.29. The van der Waals surface area contributed by atoms with E-state index in [2.05, 4.69) is 26.9 Å². The van der Waals surface area contributed by atoms with Crippen LogP contribution in [-0.4, -0.2) is 14.8 Å². The van der Waals surface area contributed by atoms with E-state index in [1.807, 2.05) is 54.6 Å². The summed E-state index contributed by atoms with van der Waals surface area (Å²) in [5, 5.41) is 11.9. The van der Waals surface area contributed by atoms with Crippen molar-refractivity contribution in [2.45, 2.75) is 22.4 Å². The zero-order chi connectivity index (χ0) is 21.6. The lowest BCUT2D eigenvalue weighted by Crippen LogP contribution is -2.02. The molecule has 0 aliphatic carbocycles. The molecule has 0 unspecified atom stereocenters. The van der Waals surface area contributed by atoms with E-state index in [-0.39, 0.29) is 0 Å². The maximum absolute atomic E-state index is 6.31. The van der Waals surface area contributed by atoms with Gasteiger partial charge in [-0.05, 0) is 47.5 Å². The van der Waals surface area contributed by atoms with Crippen LogP contribution in [0.25, 0.3) is 5.69 Å². The lowest BCUT2D eigenvalue weighted by Gasteiger charge is -2.10. The first-order valence-corrected chi connectivity index (χ1v) is 12.8. The monoisotopic (exact) mass is 505 g/mol. The normalized spacial score (nSPS) is 11.1. The van der Waals surface area contributed by atoms with Gasteiger partial charge in [0.25, 0.3) is 0 Å². The van der Waals surface area contributed by atoms with E-state index in [0.29, 0.717) is 15.8 Å². The molecular formula is C23H18Cl3N3S2.